The van der Waals surface area contributed by atoms with Crippen LogP contribution in [0.4, 0.5) is 0 Å². The molecule has 0 saturated carbocycles. The zero-order chi connectivity index (χ0) is 30.9. The highest BCUT2D eigenvalue weighted by molar-refractivity contribution is 5.99. The molecule has 0 unspecified atom stereocenters. The van der Waals surface area contributed by atoms with E-state index in [1.54, 1.807) is 36.3 Å². The van der Waals surface area contributed by atoms with Crippen molar-refractivity contribution in [3.63, 3.8) is 0 Å². The molecular formula is C32H43N7O5. The quantitative estimate of drug-likeness (QED) is 0.423. The normalized spacial score (nSPS) is 20.9. The number of nitrogens with one attached hydrogen (secondary N) is 1. The number of carbonyl (C=O) groups excluding carboxylic acids is 2. The van der Waals surface area contributed by atoms with E-state index in [1.807, 2.05) is 29.2 Å². The van der Waals surface area contributed by atoms with Crippen molar-refractivity contribution in [1.29, 1.82) is 0 Å². The molecule has 0 aliphatic carbocycles. The molecule has 5 heterocycles. The van der Waals surface area contributed by atoms with Gasteiger partial charge in [-0.3, -0.25) is 9.59 Å². The van der Waals surface area contributed by atoms with Gasteiger partial charge in [-0.25, -0.2) is 9.67 Å². The SMILES string of the molecule is COc1ccccc1-n1cc(C[C@H]2NC(=O)c3cccnc3OCCOCCN(CC(C)C)CC3CCN(CC3)C2=O)nn1. The van der Waals surface area contributed by atoms with Crippen molar-refractivity contribution in [2.75, 3.05) is 59.7 Å². The first-order valence-corrected chi connectivity index (χ1v) is 15.4. The molecule has 236 valence electrons. The molecule has 3 aliphatic heterocycles. The van der Waals surface area contributed by atoms with E-state index in [-0.39, 0.29) is 30.4 Å². The van der Waals surface area contributed by atoms with E-state index in [0.717, 1.165) is 38.2 Å². The van der Waals surface area contributed by atoms with Crippen molar-refractivity contribution in [3.8, 4) is 17.3 Å². The first-order chi connectivity index (χ1) is 21.4. The van der Waals surface area contributed by atoms with Crippen LogP contribution < -0.4 is 14.8 Å². The Morgan fingerprint density at radius 1 is 1.05 bits per heavy atom. The van der Waals surface area contributed by atoms with Crippen LogP contribution in [0, 0.1) is 11.8 Å². The van der Waals surface area contributed by atoms with Crippen molar-refractivity contribution in [2.24, 2.45) is 11.8 Å². The van der Waals surface area contributed by atoms with E-state index in [0.29, 0.717) is 49.6 Å². The van der Waals surface area contributed by atoms with Gasteiger partial charge in [0.25, 0.3) is 5.91 Å². The van der Waals surface area contributed by atoms with Crippen LogP contribution in [-0.2, 0) is 16.0 Å². The number of pyridine rings is 1. The van der Waals surface area contributed by atoms with Gasteiger partial charge in [-0.1, -0.05) is 31.2 Å². The third kappa shape index (κ3) is 8.11. The second-order valence-corrected chi connectivity index (χ2v) is 11.8. The highest BCUT2D eigenvalue weighted by Crippen LogP contribution is 2.23. The lowest BCUT2D eigenvalue weighted by Crippen LogP contribution is -2.52. The average molecular weight is 606 g/mol. The second kappa shape index (κ2) is 15.1. The summed E-state index contributed by atoms with van der Waals surface area (Å²) >= 11 is 0. The standard InChI is InChI=1S/C32H43N7O5/c1-23(2)20-37-15-16-43-17-18-44-31-26(7-6-12-33-31)30(40)34-27(32(41)38-13-10-24(21-37)11-14-38)19-25-22-39(36-35-25)28-8-4-5-9-29(28)42-3/h4-9,12,22-24,27H,10-11,13-21H2,1-3H3,(H,34,40)/t27-/m1/s1. The number of rotatable bonds is 6. The van der Waals surface area contributed by atoms with Gasteiger partial charge in [0, 0.05) is 45.3 Å². The van der Waals surface area contributed by atoms with Crippen LogP contribution in [0.3, 0.4) is 0 Å². The summed E-state index contributed by atoms with van der Waals surface area (Å²) in [6.45, 7) is 9.79. The van der Waals surface area contributed by atoms with Gasteiger partial charge in [-0.2, -0.15) is 0 Å². The molecule has 6 rings (SSSR count). The predicted octanol–water partition coefficient (Wildman–Crippen LogP) is 2.62. The maximum absolute atomic E-state index is 14.0. The molecule has 2 amide bonds. The fourth-order valence-electron chi connectivity index (χ4n) is 5.84. The van der Waals surface area contributed by atoms with E-state index in [9.17, 15) is 9.59 Å². The van der Waals surface area contributed by atoms with Gasteiger partial charge in [0.15, 0.2) is 0 Å². The number of piperidine rings is 1. The number of aromatic nitrogens is 4. The van der Waals surface area contributed by atoms with E-state index in [4.69, 9.17) is 14.2 Å². The minimum absolute atomic E-state index is 0.136. The third-order valence-electron chi connectivity index (χ3n) is 7.99. The van der Waals surface area contributed by atoms with Crippen LogP contribution in [-0.4, -0.2) is 107 Å². The highest BCUT2D eigenvalue weighted by Gasteiger charge is 2.32. The Hall–Kier alpha value is -4.03. The summed E-state index contributed by atoms with van der Waals surface area (Å²) in [5.74, 6) is 1.31. The molecule has 2 bridgehead atoms. The summed E-state index contributed by atoms with van der Waals surface area (Å²) in [7, 11) is 1.60. The van der Waals surface area contributed by atoms with Crippen LogP contribution in [0.25, 0.3) is 5.69 Å². The Balaban J connectivity index is 1.39. The van der Waals surface area contributed by atoms with Crippen molar-refractivity contribution >= 4 is 11.8 Å². The number of benzene rings is 1. The first kappa shape index (κ1) is 31.4. The summed E-state index contributed by atoms with van der Waals surface area (Å²) in [6.07, 6.45) is 5.33. The Labute approximate surface area is 258 Å². The van der Waals surface area contributed by atoms with Gasteiger partial charge in [-0.15, -0.1) is 5.10 Å². The van der Waals surface area contributed by atoms with E-state index in [1.165, 1.54) is 0 Å². The summed E-state index contributed by atoms with van der Waals surface area (Å²) in [6, 6.07) is 9.96. The van der Waals surface area contributed by atoms with Crippen LogP contribution in [0.2, 0.25) is 0 Å². The number of fused-ring (bicyclic) bond motifs is 12. The highest BCUT2D eigenvalue weighted by atomic mass is 16.5. The number of methoxy groups -OCH3 is 1. The molecule has 3 aromatic rings. The van der Waals surface area contributed by atoms with E-state index < -0.39 is 11.9 Å². The van der Waals surface area contributed by atoms with E-state index >= 15 is 0 Å². The van der Waals surface area contributed by atoms with Gasteiger partial charge in [-0.05, 0) is 48.9 Å². The zero-order valence-corrected chi connectivity index (χ0v) is 25.9. The molecule has 1 saturated heterocycles. The Bertz CT molecular complexity index is 1390. The minimum Gasteiger partial charge on any atom is -0.494 e. The van der Waals surface area contributed by atoms with Crippen molar-refractivity contribution in [2.45, 2.75) is 39.2 Å². The summed E-state index contributed by atoms with van der Waals surface area (Å²) in [5, 5.41) is 11.6. The fraction of sp³-hybridized carbons (Fsp3) is 0.531. The summed E-state index contributed by atoms with van der Waals surface area (Å²) < 4.78 is 18.8. The summed E-state index contributed by atoms with van der Waals surface area (Å²) in [4.78, 5) is 36.2. The van der Waals surface area contributed by atoms with Crippen LogP contribution >= 0.6 is 0 Å². The van der Waals surface area contributed by atoms with Crippen LogP contribution in [0.5, 0.6) is 11.6 Å². The number of para-hydroxylation sites is 2. The monoisotopic (exact) mass is 605 g/mol. The minimum atomic E-state index is -0.852. The van der Waals surface area contributed by atoms with Gasteiger partial charge < -0.3 is 29.3 Å². The Kier molecular flexibility index (Phi) is 10.8. The van der Waals surface area contributed by atoms with Gasteiger partial charge in [0.05, 0.1) is 32.2 Å². The Morgan fingerprint density at radius 2 is 1.86 bits per heavy atom. The maximum Gasteiger partial charge on any atom is 0.257 e. The van der Waals surface area contributed by atoms with Gasteiger partial charge in [0.1, 0.15) is 29.6 Å². The number of nitrogens with zero attached hydrogens (tertiary/aromatic N) is 6. The van der Waals surface area contributed by atoms with Crippen LogP contribution in [0.1, 0.15) is 42.7 Å². The number of carbonyl (C=O) groups is 2. The number of amides is 2. The predicted molar refractivity (Wildman–Crippen MR) is 164 cm³/mol. The molecular weight excluding hydrogens is 562 g/mol. The largest absolute Gasteiger partial charge is 0.494 e. The van der Waals surface area contributed by atoms with Crippen molar-refractivity contribution in [1.82, 2.24) is 35.1 Å². The number of hydrogen-bond acceptors (Lipinski definition) is 9. The lowest BCUT2D eigenvalue weighted by Gasteiger charge is -2.37. The molecule has 0 radical (unpaired) electrons. The Morgan fingerprint density at radius 3 is 2.66 bits per heavy atom. The average Bonchev–Trinajstić information content (AvgIpc) is 3.50. The molecule has 1 N–H and O–H groups in total. The fourth-order valence-corrected chi connectivity index (χ4v) is 5.84. The van der Waals surface area contributed by atoms with Crippen molar-refractivity contribution in [3.05, 3.63) is 60.0 Å². The molecule has 12 nitrogen and oxygen atoms in total. The molecule has 3 aliphatic rings. The first-order valence-electron chi connectivity index (χ1n) is 15.4. The van der Waals surface area contributed by atoms with Gasteiger partial charge in [0.2, 0.25) is 11.8 Å². The van der Waals surface area contributed by atoms with Gasteiger partial charge >= 0.3 is 0 Å². The van der Waals surface area contributed by atoms with E-state index in [2.05, 4.69) is 39.4 Å². The lowest BCUT2D eigenvalue weighted by atomic mass is 9.95. The van der Waals surface area contributed by atoms with Crippen molar-refractivity contribution < 1.29 is 23.8 Å². The molecule has 0 spiro atoms. The zero-order valence-electron chi connectivity index (χ0n) is 25.9. The topological polar surface area (TPSA) is 124 Å². The molecule has 2 aromatic heterocycles. The number of hydrogen-bond donors (Lipinski definition) is 1. The molecule has 1 fully saturated rings. The molecule has 1 aromatic carbocycles. The second-order valence-electron chi connectivity index (χ2n) is 11.8. The smallest absolute Gasteiger partial charge is 0.257 e. The molecule has 12 heteroatoms. The summed E-state index contributed by atoms with van der Waals surface area (Å²) in [5.41, 5.74) is 1.55. The molecule has 1 atom stereocenters. The molecule has 44 heavy (non-hydrogen) atoms. The lowest BCUT2D eigenvalue weighted by molar-refractivity contribution is -0.134. The maximum atomic E-state index is 14.0. The number of ether oxygens (including phenoxy) is 3. The third-order valence-corrected chi connectivity index (χ3v) is 7.99. The van der Waals surface area contributed by atoms with Crippen LogP contribution in [0.15, 0.2) is 48.8 Å².